The van der Waals surface area contributed by atoms with Crippen LogP contribution in [0.2, 0.25) is 0 Å². The van der Waals surface area contributed by atoms with E-state index in [1.54, 1.807) is 12.3 Å². The molecule has 0 amide bonds. The van der Waals surface area contributed by atoms with Gasteiger partial charge < -0.3 is 9.15 Å². The summed E-state index contributed by atoms with van der Waals surface area (Å²) in [6, 6.07) is 9.28. The first kappa shape index (κ1) is 10.1. The number of furan rings is 1. The summed E-state index contributed by atoms with van der Waals surface area (Å²) in [5, 5.41) is 0. The average molecular weight is 228 g/mol. The van der Waals surface area contributed by atoms with Crippen LogP contribution in [0.5, 0.6) is 5.75 Å². The predicted octanol–water partition coefficient (Wildman–Crippen LogP) is 3.30. The van der Waals surface area contributed by atoms with Gasteiger partial charge in [-0.2, -0.15) is 0 Å². The zero-order valence-corrected chi connectivity index (χ0v) is 9.47. The molecule has 1 unspecified atom stereocenters. The number of hydrogen-bond donors (Lipinski definition) is 0. The monoisotopic (exact) mass is 228 g/mol. The predicted molar refractivity (Wildman–Crippen MR) is 63.2 cm³/mol. The third-order valence-corrected chi connectivity index (χ3v) is 2.89. The second-order valence-electron chi connectivity index (χ2n) is 4.24. The van der Waals surface area contributed by atoms with Crippen LogP contribution >= 0.6 is 0 Å². The Morgan fingerprint density at radius 3 is 2.94 bits per heavy atom. The van der Waals surface area contributed by atoms with E-state index in [-0.39, 0.29) is 11.9 Å². The number of fused-ring (bicyclic) bond motifs is 1. The summed E-state index contributed by atoms with van der Waals surface area (Å²) in [7, 11) is 0. The maximum atomic E-state index is 11.8. The number of rotatable bonds is 1. The summed E-state index contributed by atoms with van der Waals surface area (Å²) >= 11 is 0. The van der Waals surface area contributed by atoms with Crippen LogP contribution in [0.4, 0.5) is 0 Å². The van der Waals surface area contributed by atoms with E-state index in [2.05, 4.69) is 0 Å². The zero-order valence-electron chi connectivity index (χ0n) is 9.47. The van der Waals surface area contributed by atoms with Crippen molar-refractivity contribution in [3.63, 3.8) is 0 Å². The van der Waals surface area contributed by atoms with Gasteiger partial charge in [0.2, 0.25) is 0 Å². The fraction of sp³-hybridized carbons (Fsp3) is 0.214. The molecule has 0 bridgehead atoms. The number of Topliss-reactive ketones (excluding diaryl/α,β-unsaturated/α-hetero) is 1. The van der Waals surface area contributed by atoms with Gasteiger partial charge in [0.1, 0.15) is 17.6 Å². The Morgan fingerprint density at radius 2 is 2.18 bits per heavy atom. The van der Waals surface area contributed by atoms with E-state index in [1.165, 1.54) is 0 Å². The van der Waals surface area contributed by atoms with Gasteiger partial charge in [0.25, 0.3) is 0 Å². The molecular weight excluding hydrogens is 216 g/mol. The molecule has 1 atom stereocenters. The fourth-order valence-electron chi connectivity index (χ4n) is 2.08. The van der Waals surface area contributed by atoms with Gasteiger partial charge in [-0.1, -0.05) is 6.07 Å². The average Bonchev–Trinajstić information content (AvgIpc) is 2.81. The minimum absolute atomic E-state index is 0.0538. The third kappa shape index (κ3) is 1.73. The van der Waals surface area contributed by atoms with E-state index in [0.29, 0.717) is 17.7 Å². The highest BCUT2D eigenvalue weighted by Gasteiger charge is 2.23. The molecule has 1 aromatic heterocycles. The maximum Gasteiger partial charge on any atom is 0.170 e. The topological polar surface area (TPSA) is 39.4 Å². The quantitative estimate of drug-likeness (QED) is 0.751. The molecule has 1 aromatic carbocycles. The van der Waals surface area contributed by atoms with E-state index in [9.17, 15) is 4.79 Å². The van der Waals surface area contributed by atoms with Gasteiger partial charge >= 0.3 is 0 Å². The first-order valence-electron chi connectivity index (χ1n) is 5.62. The second-order valence-corrected chi connectivity index (χ2v) is 4.24. The molecule has 0 spiro atoms. The fourth-order valence-corrected chi connectivity index (χ4v) is 2.08. The van der Waals surface area contributed by atoms with E-state index < -0.39 is 0 Å². The summed E-state index contributed by atoms with van der Waals surface area (Å²) in [5.41, 5.74) is 1.59. The smallest absolute Gasteiger partial charge is 0.170 e. The number of hydrogen-bond acceptors (Lipinski definition) is 3. The van der Waals surface area contributed by atoms with E-state index >= 15 is 0 Å². The summed E-state index contributed by atoms with van der Waals surface area (Å²) in [5.74, 6) is 1.58. The van der Waals surface area contributed by atoms with Crippen molar-refractivity contribution in [3.8, 4) is 17.1 Å². The van der Waals surface area contributed by atoms with Crippen molar-refractivity contribution in [2.24, 2.45) is 0 Å². The van der Waals surface area contributed by atoms with Crippen molar-refractivity contribution < 1.29 is 13.9 Å². The molecule has 3 heteroatoms. The highest BCUT2D eigenvalue weighted by molar-refractivity contribution is 6.00. The maximum absolute atomic E-state index is 11.8. The van der Waals surface area contributed by atoms with Crippen molar-refractivity contribution in [1.29, 1.82) is 0 Å². The van der Waals surface area contributed by atoms with Gasteiger partial charge in [-0.15, -0.1) is 0 Å². The van der Waals surface area contributed by atoms with Crippen molar-refractivity contribution in [1.82, 2.24) is 0 Å². The van der Waals surface area contributed by atoms with Crippen LogP contribution in [0.25, 0.3) is 11.3 Å². The Balaban J connectivity index is 2.07. The molecule has 3 rings (SSSR count). The molecule has 0 saturated carbocycles. The van der Waals surface area contributed by atoms with Crippen LogP contribution in [0.15, 0.2) is 41.0 Å². The van der Waals surface area contributed by atoms with Crippen molar-refractivity contribution in [3.05, 3.63) is 42.2 Å². The number of carbonyl (C=O) groups excluding carboxylic acids is 1. The number of benzene rings is 1. The molecule has 0 saturated heterocycles. The normalized spacial score (nSPS) is 18.6. The minimum Gasteiger partial charge on any atom is -0.489 e. The van der Waals surface area contributed by atoms with Gasteiger partial charge in [-0.25, -0.2) is 0 Å². The lowest BCUT2D eigenvalue weighted by atomic mass is 9.99. The van der Waals surface area contributed by atoms with Gasteiger partial charge in [-0.05, 0) is 31.2 Å². The lowest BCUT2D eigenvalue weighted by molar-refractivity contribution is 0.0871. The van der Waals surface area contributed by atoms with Crippen LogP contribution in [0.1, 0.15) is 23.7 Å². The van der Waals surface area contributed by atoms with Crippen LogP contribution in [0.3, 0.4) is 0 Å². The molecule has 2 aromatic rings. The molecular formula is C14H12O3. The Bertz CT molecular complexity index is 555. The molecule has 86 valence electrons. The van der Waals surface area contributed by atoms with E-state index in [1.807, 2.05) is 31.2 Å². The standard InChI is InChI=1S/C14H12O3/c1-9-7-12(15)11-5-4-10(8-14(11)17-9)13-3-2-6-16-13/h2-6,8-9H,7H2,1H3. The lowest BCUT2D eigenvalue weighted by Gasteiger charge is -2.22. The van der Waals surface area contributed by atoms with Crippen molar-refractivity contribution in [2.75, 3.05) is 0 Å². The minimum atomic E-state index is -0.0538. The summed E-state index contributed by atoms with van der Waals surface area (Å²) in [4.78, 5) is 11.8. The van der Waals surface area contributed by atoms with E-state index in [0.717, 1.165) is 11.3 Å². The lowest BCUT2D eigenvalue weighted by Crippen LogP contribution is -2.23. The second kappa shape index (κ2) is 3.77. The molecule has 3 nitrogen and oxygen atoms in total. The molecule has 2 heterocycles. The van der Waals surface area contributed by atoms with Crippen LogP contribution in [0, 0.1) is 0 Å². The highest BCUT2D eigenvalue weighted by Crippen LogP contribution is 2.32. The molecule has 1 aliphatic rings. The Labute approximate surface area is 99.0 Å². The van der Waals surface area contributed by atoms with Gasteiger partial charge in [0.15, 0.2) is 5.78 Å². The number of ketones is 1. The van der Waals surface area contributed by atoms with Crippen LogP contribution in [-0.2, 0) is 0 Å². The Hall–Kier alpha value is -2.03. The first-order chi connectivity index (χ1) is 8.24. The van der Waals surface area contributed by atoms with Gasteiger partial charge in [0, 0.05) is 12.0 Å². The molecule has 0 aliphatic carbocycles. The van der Waals surface area contributed by atoms with Crippen LogP contribution in [-0.4, -0.2) is 11.9 Å². The van der Waals surface area contributed by atoms with Crippen LogP contribution < -0.4 is 4.74 Å². The van der Waals surface area contributed by atoms with Gasteiger partial charge in [0.05, 0.1) is 11.8 Å². The summed E-state index contributed by atoms with van der Waals surface area (Å²) in [6.45, 7) is 1.90. The molecule has 17 heavy (non-hydrogen) atoms. The Morgan fingerprint density at radius 1 is 1.29 bits per heavy atom. The SMILES string of the molecule is CC1CC(=O)c2ccc(-c3ccco3)cc2O1. The van der Waals surface area contributed by atoms with Crippen molar-refractivity contribution in [2.45, 2.75) is 19.4 Å². The Kier molecular flexibility index (Phi) is 2.25. The van der Waals surface area contributed by atoms with Gasteiger partial charge in [-0.3, -0.25) is 4.79 Å². The summed E-state index contributed by atoms with van der Waals surface area (Å²) in [6.07, 6.45) is 2.03. The molecule has 0 radical (unpaired) electrons. The largest absolute Gasteiger partial charge is 0.489 e. The third-order valence-electron chi connectivity index (χ3n) is 2.89. The number of carbonyl (C=O) groups is 1. The molecule has 1 aliphatic heterocycles. The summed E-state index contributed by atoms with van der Waals surface area (Å²) < 4.78 is 11.0. The highest BCUT2D eigenvalue weighted by atomic mass is 16.5. The molecule has 0 fully saturated rings. The zero-order chi connectivity index (χ0) is 11.8. The molecule has 0 N–H and O–H groups in total. The first-order valence-corrected chi connectivity index (χ1v) is 5.62. The number of ether oxygens (including phenoxy) is 1. The van der Waals surface area contributed by atoms with Crippen molar-refractivity contribution >= 4 is 5.78 Å². The van der Waals surface area contributed by atoms with E-state index in [4.69, 9.17) is 9.15 Å².